The molecule has 0 aromatic carbocycles. The number of ether oxygens (including phenoxy) is 1. The van der Waals surface area contributed by atoms with E-state index in [0.29, 0.717) is 6.61 Å². The van der Waals surface area contributed by atoms with E-state index >= 15 is 0 Å². The molecule has 0 saturated heterocycles. The third kappa shape index (κ3) is 2.40. The first kappa shape index (κ1) is 12.8. The van der Waals surface area contributed by atoms with Crippen molar-refractivity contribution in [1.29, 1.82) is 0 Å². The summed E-state index contributed by atoms with van der Waals surface area (Å²) < 4.78 is 5.64. The van der Waals surface area contributed by atoms with Gasteiger partial charge >= 0.3 is 0 Å². The first-order chi connectivity index (χ1) is 5.81. The topological polar surface area (TPSA) is 64.5 Å². The third-order valence-electron chi connectivity index (χ3n) is 3.06. The third-order valence-corrected chi connectivity index (χ3v) is 3.06. The van der Waals surface area contributed by atoms with Crippen LogP contribution in [0.4, 0.5) is 0 Å². The quantitative estimate of drug-likeness (QED) is 0.500. The second-order valence-corrected chi connectivity index (χ2v) is 3.98. The summed E-state index contributed by atoms with van der Waals surface area (Å²) in [5, 5.41) is 1.25. The van der Waals surface area contributed by atoms with Gasteiger partial charge in [-0.2, -0.15) is 5.12 Å². The van der Waals surface area contributed by atoms with Crippen LogP contribution >= 0.6 is 0 Å². The Bertz CT molecular complexity index is 159. The Balaban J connectivity index is 4.72. The molecule has 0 rings (SSSR count). The van der Waals surface area contributed by atoms with Gasteiger partial charge in [0.15, 0.2) is 0 Å². The molecule has 0 aliphatic carbocycles. The maximum absolute atomic E-state index is 5.64. The standard InChI is InChI=1S/C9H23N3O/c1-6-9(5,12(10)11)8(3,4)13-7-2/h6-7,10-11H2,1-5H3. The molecule has 13 heavy (non-hydrogen) atoms. The molecular weight excluding hydrogens is 166 g/mol. The van der Waals surface area contributed by atoms with Crippen LogP contribution in [-0.4, -0.2) is 22.9 Å². The number of hydrogen-bond acceptors (Lipinski definition) is 4. The molecule has 80 valence electrons. The Hall–Kier alpha value is -0.160. The van der Waals surface area contributed by atoms with E-state index in [4.69, 9.17) is 16.4 Å². The van der Waals surface area contributed by atoms with Crippen LogP contribution in [0.1, 0.15) is 41.0 Å². The molecule has 0 radical (unpaired) electrons. The van der Waals surface area contributed by atoms with Crippen molar-refractivity contribution in [2.24, 2.45) is 11.7 Å². The summed E-state index contributed by atoms with van der Waals surface area (Å²) in [7, 11) is 0. The summed E-state index contributed by atoms with van der Waals surface area (Å²) >= 11 is 0. The summed E-state index contributed by atoms with van der Waals surface area (Å²) in [4.78, 5) is 0. The average Bonchev–Trinajstić information content (AvgIpc) is 2.02. The normalized spacial score (nSPS) is 17.5. The molecule has 0 aromatic rings. The highest BCUT2D eigenvalue weighted by molar-refractivity contribution is 4.96. The van der Waals surface area contributed by atoms with Crippen LogP contribution in [-0.2, 0) is 4.74 Å². The molecule has 0 fully saturated rings. The van der Waals surface area contributed by atoms with Gasteiger partial charge < -0.3 is 4.74 Å². The number of nitrogens with two attached hydrogens (primary N) is 2. The van der Waals surface area contributed by atoms with Gasteiger partial charge in [0.1, 0.15) is 0 Å². The molecule has 1 unspecified atom stereocenters. The van der Waals surface area contributed by atoms with Crippen molar-refractivity contribution >= 4 is 0 Å². The van der Waals surface area contributed by atoms with Crippen molar-refractivity contribution in [3.8, 4) is 0 Å². The SMILES string of the molecule is CCOC(C)(C)C(C)(CC)N(N)N. The van der Waals surface area contributed by atoms with E-state index in [0.717, 1.165) is 6.42 Å². The van der Waals surface area contributed by atoms with Crippen molar-refractivity contribution in [2.45, 2.75) is 52.2 Å². The zero-order valence-corrected chi connectivity index (χ0v) is 9.42. The van der Waals surface area contributed by atoms with Gasteiger partial charge in [-0.3, -0.25) is 11.7 Å². The number of rotatable bonds is 5. The van der Waals surface area contributed by atoms with Gasteiger partial charge in [-0.05, 0) is 34.1 Å². The number of nitrogens with zero attached hydrogens (tertiary/aromatic N) is 1. The van der Waals surface area contributed by atoms with Gasteiger partial charge in [-0.1, -0.05) is 6.92 Å². The fourth-order valence-corrected chi connectivity index (χ4v) is 1.44. The minimum Gasteiger partial charge on any atom is -0.374 e. The second kappa shape index (κ2) is 4.37. The predicted molar refractivity (Wildman–Crippen MR) is 54.6 cm³/mol. The van der Waals surface area contributed by atoms with Gasteiger partial charge in [-0.15, -0.1) is 0 Å². The van der Waals surface area contributed by atoms with Gasteiger partial charge in [0.2, 0.25) is 0 Å². The Labute approximate surface area is 81.2 Å². The van der Waals surface area contributed by atoms with Gasteiger partial charge in [0.25, 0.3) is 0 Å². The molecule has 0 heterocycles. The van der Waals surface area contributed by atoms with Crippen molar-refractivity contribution in [3.05, 3.63) is 0 Å². The minimum absolute atomic E-state index is 0.344. The molecule has 4 nitrogen and oxygen atoms in total. The van der Waals surface area contributed by atoms with Crippen molar-refractivity contribution in [3.63, 3.8) is 0 Å². The van der Waals surface area contributed by atoms with E-state index in [-0.39, 0.29) is 11.1 Å². The van der Waals surface area contributed by atoms with E-state index in [1.165, 1.54) is 5.12 Å². The summed E-state index contributed by atoms with van der Waals surface area (Å²) in [5.74, 6) is 11.3. The lowest BCUT2D eigenvalue weighted by Crippen LogP contribution is -2.66. The summed E-state index contributed by atoms with van der Waals surface area (Å²) in [5.41, 5.74) is -0.691. The number of hydrazine groups is 2. The van der Waals surface area contributed by atoms with Crippen LogP contribution in [0, 0.1) is 0 Å². The van der Waals surface area contributed by atoms with E-state index in [1.807, 2.05) is 34.6 Å². The molecule has 1 atom stereocenters. The monoisotopic (exact) mass is 189 g/mol. The largest absolute Gasteiger partial charge is 0.374 e. The summed E-state index contributed by atoms with van der Waals surface area (Å²) in [6.07, 6.45) is 0.840. The molecule has 0 saturated carbocycles. The van der Waals surface area contributed by atoms with Crippen LogP contribution in [0.25, 0.3) is 0 Å². The highest BCUT2D eigenvalue weighted by Gasteiger charge is 2.43. The molecule has 0 aromatic heterocycles. The van der Waals surface area contributed by atoms with Crippen LogP contribution in [0.5, 0.6) is 0 Å². The molecule has 4 heteroatoms. The highest BCUT2D eigenvalue weighted by Crippen LogP contribution is 2.31. The fraction of sp³-hybridized carbons (Fsp3) is 1.00. The Morgan fingerprint density at radius 2 is 1.62 bits per heavy atom. The Morgan fingerprint density at radius 1 is 1.15 bits per heavy atom. The summed E-state index contributed by atoms with van der Waals surface area (Å²) in [6.45, 7) is 10.7. The predicted octanol–water partition coefficient (Wildman–Crippen LogP) is 1.02. The first-order valence-electron chi connectivity index (χ1n) is 4.75. The van der Waals surface area contributed by atoms with Crippen LogP contribution in [0.15, 0.2) is 0 Å². The lowest BCUT2D eigenvalue weighted by atomic mass is 9.81. The summed E-state index contributed by atoms with van der Waals surface area (Å²) in [6, 6.07) is 0. The second-order valence-electron chi connectivity index (χ2n) is 3.98. The first-order valence-corrected chi connectivity index (χ1v) is 4.75. The molecule has 0 aliphatic heterocycles. The maximum atomic E-state index is 5.64. The minimum atomic E-state index is -0.347. The van der Waals surface area contributed by atoms with Gasteiger partial charge in [0, 0.05) is 6.61 Å². The number of hydrogen-bond donors (Lipinski definition) is 2. The Kier molecular flexibility index (Phi) is 4.32. The lowest BCUT2D eigenvalue weighted by molar-refractivity contribution is -0.127. The van der Waals surface area contributed by atoms with E-state index in [9.17, 15) is 0 Å². The molecule has 0 aliphatic rings. The van der Waals surface area contributed by atoms with Crippen LogP contribution < -0.4 is 11.7 Å². The van der Waals surface area contributed by atoms with Gasteiger partial charge in [-0.25, -0.2) is 0 Å². The van der Waals surface area contributed by atoms with Crippen LogP contribution in [0.3, 0.4) is 0 Å². The molecular formula is C9H23N3O. The fourth-order valence-electron chi connectivity index (χ4n) is 1.44. The lowest BCUT2D eigenvalue weighted by Gasteiger charge is -2.46. The molecule has 4 N–H and O–H groups in total. The highest BCUT2D eigenvalue weighted by atomic mass is 16.5. The average molecular weight is 189 g/mol. The molecule has 0 bridgehead atoms. The zero-order chi connectivity index (χ0) is 10.7. The van der Waals surface area contributed by atoms with Crippen LogP contribution in [0.2, 0.25) is 0 Å². The van der Waals surface area contributed by atoms with E-state index in [1.54, 1.807) is 0 Å². The Morgan fingerprint density at radius 3 is 1.85 bits per heavy atom. The maximum Gasteiger partial charge on any atom is 0.0834 e. The van der Waals surface area contributed by atoms with Crippen molar-refractivity contribution < 1.29 is 4.74 Å². The van der Waals surface area contributed by atoms with Gasteiger partial charge in [0.05, 0.1) is 11.1 Å². The van der Waals surface area contributed by atoms with Crippen molar-refractivity contribution in [1.82, 2.24) is 5.12 Å². The molecule has 0 spiro atoms. The van der Waals surface area contributed by atoms with Crippen molar-refractivity contribution in [2.75, 3.05) is 6.61 Å². The van der Waals surface area contributed by atoms with E-state index in [2.05, 4.69) is 0 Å². The zero-order valence-electron chi connectivity index (χ0n) is 9.42. The smallest absolute Gasteiger partial charge is 0.0834 e. The van der Waals surface area contributed by atoms with E-state index < -0.39 is 0 Å². The molecule has 0 amide bonds.